The lowest BCUT2D eigenvalue weighted by molar-refractivity contribution is -0.172. The first kappa shape index (κ1) is 21.7. The Hall–Kier alpha value is -3.10. The van der Waals surface area contributed by atoms with Crippen molar-refractivity contribution in [3.63, 3.8) is 0 Å². The van der Waals surface area contributed by atoms with Gasteiger partial charge in [-0.05, 0) is 36.6 Å². The van der Waals surface area contributed by atoms with Gasteiger partial charge in [0.05, 0.1) is 29.0 Å². The van der Waals surface area contributed by atoms with Gasteiger partial charge in [-0.2, -0.15) is 0 Å². The van der Waals surface area contributed by atoms with Gasteiger partial charge in [0.2, 0.25) is 0 Å². The van der Waals surface area contributed by atoms with Gasteiger partial charge in [-0.1, -0.05) is 20.8 Å². The maximum Gasteiger partial charge on any atom is 0.343 e. The molecule has 2 aromatic heterocycles. The standard InChI is InChI=1S/C25H26FN3O4/c1-5-25(32)18-7-21-22-16(10-29(21)23(30)17(18)11-33-24(25)31)15(9-27-12(2)3)14-6-13(4)19(26)8-20(14)28-22/h6-8,12,27,32H,5,9-11H2,1-4H3/t25-/m0/s1. The summed E-state index contributed by atoms with van der Waals surface area (Å²) in [5.74, 6) is -1.10. The van der Waals surface area contributed by atoms with Gasteiger partial charge >= 0.3 is 5.97 Å². The van der Waals surface area contributed by atoms with Gasteiger partial charge in [-0.3, -0.25) is 4.79 Å². The van der Waals surface area contributed by atoms with Crippen LogP contribution in [-0.4, -0.2) is 26.7 Å². The molecule has 0 unspecified atom stereocenters. The minimum absolute atomic E-state index is 0.0772. The summed E-state index contributed by atoms with van der Waals surface area (Å²) in [6.45, 7) is 8.15. The number of rotatable bonds is 4. The van der Waals surface area contributed by atoms with Gasteiger partial charge in [-0.15, -0.1) is 0 Å². The predicted octanol–water partition coefficient (Wildman–Crippen LogP) is 3.03. The van der Waals surface area contributed by atoms with Crippen molar-refractivity contribution < 1.29 is 19.0 Å². The Balaban J connectivity index is 1.80. The van der Waals surface area contributed by atoms with Crippen molar-refractivity contribution in [3.05, 3.63) is 62.2 Å². The van der Waals surface area contributed by atoms with E-state index in [-0.39, 0.29) is 41.6 Å². The molecule has 4 heterocycles. The van der Waals surface area contributed by atoms with Crippen LogP contribution in [0.3, 0.4) is 0 Å². The zero-order valence-electron chi connectivity index (χ0n) is 19.1. The highest BCUT2D eigenvalue weighted by Gasteiger charge is 2.45. The first-order chi connectivity index (χ1) is 15.7. The highest BCUT2D eigenvalue weighted by atomic mass is 19.1. The van der Waals surface area contributed by atoms with E-state index in [0.717, 1.165) is 16.5 Å². The fourth-order valence-electron chi connectivity index (χ4n) is 4.80. The van der Waals surface area contributed by atoms with Crippen LogP contribution in [0.1, 0.15) is 55.0 Å². The van der Waals surface area contributed by atoms with Crippen molar-refractivity contribution in [1.82, 2.24) is 14.9 Å². The molecule has 0 radical (unpaired) electrons. The molecule has 1 aromatic carbocycles. The Labute approximate surface area is 190 Å². The Bertz CT molecular complexity index is 1400. The summed E-state index contributed by atoms with van der Waals surface area (Å²) in [4.78, 5) is 30.5. The van der Waals surface area contributed by atoms with Crippen LogP contribution in [0.15, 0.2) is 23.0 Å². The molecule has 0 spiro atoms. The number of nitrogens with zero attached hydrogens (tertiary/aromatic N) is 2. The van der Waals surface area contributed by atoms with Gasteiger partial charge in [-0.25, -0.2) is 14.2 Å². The SMILES string of the molecule is CC[C@@]1(O)C(=O)OCc2c1cc1n(c2=O)Cc2c-1nc1cc(F)c(C)cc1c2CNC(C)C. The third-order valence-corrected chi connectivity index (χ3v) is 6.77. The molecule has 0 saturated carbocycles. The third-order valence-electron chi connectivity index (χ3n) is 6.77. The molecule has 33 heavy (non-hydrogen) atoms. The van der Waals surface area contributed by atoms with E-state index in [4.69, 9.17) is 9.72 Å². The van der Waals surface area contributed by atoms with Crippen molar-refractivity contribution in [3.8, 4) is 11.4 Å². The molecule has 172 valence electrons. The molecule has 2 aliphatic rings. The van der Waals surface area contributed by atoms with Crippen LogP contribution in [0.4, 0.5) is 4.39 Å². The van der Waals surface area contributed by atoms with Crippen molar-refractivity contribution in [2.24, 2.45) is 0 Å². The summed E-state index contributed by atoms with van der Waals surface area (Å²) in [5.41, 5.74) is 2.32. The molecule has 0 bridgehead atoms. The van der Waals surface area contributed by atoms with E-state index in [1.54, 1.807) is 30.5 Å². The molecule has 7 nitrogen and oxygen atoms in total. The largest absolute Gasteiger partial charge is 0.458 e. The average Bonchev–Trinajstić information content (AvgIpc) is 3.14. The van der Waals surface area contributed by atoms with Crippen LogP contribution in [0.25, 0.3) is 22.3 Å². The highest BCUT2D eigenvalue weighted by Crippen LogP contribution is 2.40. The Morgan fingerprint density at radius 3 is 2.73 bits per heavy atom. The van der Waals surface area contributed by atoms with Crippen LogP contribution in [-0.2, 0) is 34.8 Å². The third kappa shape index (κ3) is 3.12. The van der Waals surface area contributed by atoms with E-state index in [9.17, 15) is 19.1 Å². The summed E-state index contributed by atoms with van der Waals surface area (Å²) >= 11 is 0. The van der Waals surface area contributed by atoms with Gasteiger partial charge in [0, 0.05) is 35.2 Å². The van der Waals surface area contributed by atoms with E-state index < -0.39 is 11.6 Å². The van der Waals surface area contributed by atoms with Crippen LogP contribution < -0.4 is 10.9 Å². The number of nitrogens with one attached hydrogen (secondary N) is 1. The number of benzene rings is 1. The zero-order valence-corrected chi connectivity index (χ0v) is 19.1. The fraction of sp³-hybridized carbons (Fsp3) is 0.400. The normalized spacial score (nSPS) is 18.9. The van der Waals surface area contributed by atoms with Crippen LogP contribution in [0.2, 0.25) is 0 Å². The average molecular weight is 451 g/mol. The molecule has 0 fully saturated rings. The minimum atomic E-state index is -1.88. The molecule has 2 aliphatic heterocycles. The van der Waals surface area contributed by atoms with Crippen molar-refractivity contribution in [2.45, 2.75) is 65.5 Å². The van der Waals surface area contributed by atoms with E-state index in [1.165, 1.54) is 6.07 Å². The number of halogens is 1. The van der Waals surface area contributed by atoms with E-state index in [0.29, 0.717) is 35.6 Å². The topological polar surface area (TPSA) is 93.5 Å². The summed E-state index contributed by atoms with van der Waals surface area (Å²) in [6.07, 6.45) is 0.0772. The number of ether oxygens (including phenoxy) is 1. The smallest absolute Gasteiger partial charge is 0.343 e. The van der Waals surface area contributed by atoms with E-state index in [2.05, 4.69) is 5.32 Å². The molecular formula is C25H26FN3O4. The monoisotopic (exact) mass is 451 g/mol. The summed E-state index contributed by atoms with van der Waals surface area (Å²) in [6, 6.07) is 5.12. The van der Waals surface area contributed by atoms with Gasteiger partial charge < -0.3 is 19.7 Å². The number of pyridine rings is 2. The van der Waals surface area contributed by atoms with E-state index in [1.807, 2.05) is 13.8 Å². The van der Waals surface area contributed by atoms with Crippen molar-refractivity contribution in [2.75, 3.05) is 0 Å². The lowest BCUT2D eigenvalue weighted by Gasteiger charge is -2.31. The highest BCUT2D eigenvalue weighted by molar-refractivity contribution is 5.89. The molecule has 1 atom stereocenters. The quantitative estimate of drug-likeness (QED) is 0.464. The molecule has 8 heteroatoms. The van der Waals surface area contributed by atoms with Crippen molar-refractivity contribution in [1.29, 1.82) is 0 Å². The number of carbonyl (C=O) groups excluding carboxylic acids is 1. The minimum Gasteiger partial charge on any atom is -0.458 e. The first-order valence-corrected chi connectivity index (χ1v) is 11.2. The second kappa shape index (κ2) is 7.46. The fourth-order valence-corrected chi connectivity index (χ4v) is 4.80. The predicted molar refractivity (Wildman–Crippen MR) is 121 cm³/mol. The Morgan fingerprint density at radius 1 is 1.27 bits per heavy atom. The molecule has 2 N–H and O–H groups in total. The van der Waals surface area contributed by atoms with Gasteiger partial charge in [0.15, 0.2) is 5.60 Å². The molecule has 0 aliphatic carbocycles. The number of hydrogen-bond donors (Lipinski definition) is 2. The van der Waals surface area contributed by atoms with Gasteiger partial charge in [0.25, 0.3) is 5.56 Å². The maximum atomic E-state index is 14.4. The van der Waals surface area contributed by atoms with Crippen molar-refractivity contribution >= 4 is 16.9 Å². The lowest BCUT2D eigenvalue weighted by Crippen LogP contribution is -2.44. The first-order valence-electron chi connectivity index (χ1n) is 11.2. The van der Waals surface area contributed by atoms with E-state index >= 15 is 0 Å². The molecule has 5 rings (SSSR count). The number of aryl methyl sites for hydroxylation is 1. The molecule has 0 saturated heterocycles. The summed E-state index contributed by atoms with van der Waals surface area (Å²) < 4.78 is 21.2. The van der Waals surface area contributed by atoms with Crippen LogP contribution in [0.5, 0.6) is 0 Å². The molecular weight excluding hydrogens is 425 g/mol. The second-order valence-corrected chi connectivity index (χ2v) is 9.17. The number of cyclic esters (lactones) is 1. The Kier molecular flexibility index (Phi) is 4.91. The lowest BCUT2D eigenvalue weighted by atomic mass is 9.86. The summed E-state index contributed by atoms with van der Waals surface area (Å²) in [7, 11) is 0. The number of hydrogen-bond acceptors (Lipinski definition) is 6. The second-order valence-electron chi connectivity index (χ2n) is 9.17. The number of aliphatic hydroxyl groups is 1. The Morgan fingerprint density at radius 2 is 2.03 bits per heavy atom. The molecule has 3 aromatic rings. The maximum absolute atomic E-state index is 14.4. The number of carbonyl (C=O) groups is 1. The van der Waals surface area contributed by atoms with Crippen LogP contribution >= 0.6 is 0 Å². The number of esters is 1. The summed E-state index contributed by atoms with van der Waals surface area (Å²) in [5, 5.41) is 15.3. The molecule has 0 amide bonds. The van der Waals surface area contributed by atoms with Crippen LogP contribution in [0, 0.1) is 12.7 Å². The number of fused-ring (bicyclic) bond motifs is 5. The number of aromatic nitrogens is 2. The van der Waals surface area contributed by atoms with Gasteiger partial charge in [0.1, 0.15) is 12.4 Å². The zero-order chi connectivity index (χ0) is 23.7.